The van der Waals surface area contributed by atoms with Crippen molar-refractivity contribution >= 4 is 23.6 Å². The molecule has 3 rings (SSSR count). The van der Waals surface area contributed by atoms with Gasteiger partial charge in [0.05, 0.1) is 6.61 Å². The zero-order chi connectivity index (χ0) is 17.8. The molecule has 1 fully saturated rings. The molecule has 1 saturated heterocycles. The van der Waals surface area contributed by atoms with Gasteiger partial charge in [0.2, 0.25) is 0 Å². The van der Waals surface area contributed by atoms with Crippen LogP contribution >= 0.6 is 11.6 Å². The molecule has 25 heavy (non-hydrogen) atoms. The molecule has 2 unspecified atom stereocenters. The average molecular weight is 368 g/mol. The summed E-state index contributed by atoms with van der Waals surface area (Å²) in [6.45, 7) is -0.0914. The SMILES string of the molecule is Nc1ccn(C2COC(COC(=O)Oc3ccc(Cl)cc3)O2)c(=O)n1. The minimum atomic E-state index is -0.913. The fraction of sp³-hybridized carbons (Fsp3) is 0.267. The molecule has 1 aliphatic heterocycles. The Bertz CT molecular complexity index is 810. The van der Waals surface area contributed by atoms with Gasteiger partial charge in [-0.25, -0.2) is 9.59 Å². The lowest BCUT2D eigenvalue weighted by molar-refractivity contribution is -0.105. The molecule has 9 nitrogen and oxygen atoms in total. The molecular weight excluding hydrogens is 354 g/mol. The highest BCUT2D eigenvalue weighted by Gasteiger charge is 2.29. The number of halogens is 1. The highest BCUT2D eigenvalue weighted by Crippen LogP contribution is 2.20. The first-order chi connectivity index (χ1) is 12.0. The number of nitrogen functional groups attached to an aromatic ring is 1. The number of ether oxygens (including phenoxy) is 4. The van der Waals surface area contributed by atoms with Crippen LogP contribution in [0.4, 0.5) is 10.6 Å². The van der Waals surface area contributed by atoms with Gasteiger partial charge in [0.15, 0.2) is 12.5 Å². The highest BCUT2D eigenvalue weighted by atomic mass is 35.5. The third kappa shape index (κ3) is 4.47. The van der Waals surface area contributed by atoms with Crippen molar-refractivity contribution in [3.05, 3.63) is 52.0 Å². The molecule has 2 N–H and O–H groups in total. The molecule has 0 spiro atoms. The molecule has 0 radical (unpaired) electrons. The zero-order valence-corrected chi connectivity index (χ0v) is 13.6. The van der Waals surface area contributed by atoms with Crippen LogP contribution in [0.5, 0.6) is 5.75 Å². The van der Waals surface area contributed by atoms with Crippen LogP contribution in [0.2, 0.25) is 5.02 Å². The van der Waals surface area contributed by atoms with E-state index in [1.165, 1.54) is 29.0 Å². The van der Waals surface area contributed by atoms with Crippen molar-refractivity contribution in [1.29, 1.82) is 0 Å². The predicted molar refractivity (Wildman–Crippen MR) is 86.2 cm³/mol. The van der Waals surface area contributed by atoms with Gasteiger partial charge < -0.3 is 24.7 Å². The van der Waals surface area contributed by atoms with Crippen molar-refractivity contribution in [1.82, 2.24) is 9.55 Å². The Hall–Kier alpha value is -2.62. The summed E-state index contributed by atoms with van der Waals surface area (Å²) in [6, 6.07) is 7.69. The molecule has 2 heterocycles. The summed E-state index contributed by atoms with van der Waals surface area (Å²) in [6.07, 6.45) is -0.963. The van der Waals surface area contributed by atoms with Crippen molar-refractivity contribution in [2.24, 2.45) is 0 Å². The molecular formula is C15H14ClN3O6. The van der Waals surface area contributed by atoms with Gasteiger partial charge in [-0.3, -0.25) is 4.57 Å². The number of hydrogen-bond donors (Lipinski definition) is 1. The lowest BCUT2D eigenvalue weighted by Gasteiger charge is -2.13. The van der Waals surface area contributed by atoms with Gasteiger partial charge in [-0.1, -0.05) is 11.6 Å². The summed E-state index contributed by atoms with van der Waals surface area (Å²) in [4.78, 5) is 27.0. The van der Waals surface area contributed by atoms with Crippen LogP contribution in [-0.2, 0) is 14.2 Å². The smallest absolute Gasteiger partial charge is 0.429 e. The lowest BCUT2D eigenvalue weighted by atomic mass is 10.3. The predicted octanol–water partition coefficient (Wildman–Crippen LogP) is 1.57. The van der Waals surface area contributed by atoms with Gasteiger partial charge in [-0.15, -0.1) is 0 Å². The van der Waals surface area contributed by atoms with Gasteiger partial charge in [-0.05, 0) is 30.3 Å². The number of carbonyl (C=O) groups excluding carboxylic acids is 1. The Labute approximate surface area is 146 Å². The van der Waals surface area contributed by atoms with E-state index >= 15 is 0 Å². The molecule has 0 aliphatic carbocycles. The largest absolute Gasteiger partial charge is 0.514 e. The third-order valence-corrected chi connectivity index (χ3v) is 3.50. The second-order valence-corrected chi connectivity index (χ2v) is 5.45. The van der Waals surface area contributed by atoms with Gasteiger partial charge in [-0.2, -0.15) is 4.98 Å². The molecule has 0 amide bonds. The normalized spacial score (nSPS) is 19.6. The van der Waals surface area contributed by atoms with E-state index in [4.69, 9.17) is 36.3 Å². The molecule has 1 aromatic carbocycles. The van der Waals surface area contributed by atoms with Crippen LogP contribution in [0.15, 0.2) is 41.3 Å². The van der Waals surface area contributed by atoms with Crippen LogP contribution < -0.4 is 16.2 Å². The molecule has 0 bridgehead atoms. The molecule has 132 valence electrons. The lowest BCUT2D eigenvalue weighted by Crippen LogP contribution is -2.29. The van der Waals surface area contributed by atoms with Crippen LogP contribution in [0, 0.1) is 0 Å². The summed E-state index contributed by atoms with van der Waals surface area (Å²) >= 11 is 5.74. The first-order valence-electron chi connectivity index (χ1n) is 7.23. The number of nitrogens with two attached hydrogens (primary N) is 1. The maximum absolute atomic E-state index is 11.7. The zero-order valence-electron chi connectivity index (χ0n) is 12.8. The molecule has 2 atom stereocenters. The Morgan fingerprint density at radius 3 is 2.84 bits per heavy atom. The standard InChI is InChI=1S/C15H14ClN3O6/c16-9-1-3-10(4-2-9)24-15(21)23-8-13-22-7-12(25-13)19-6-5-11(17)18-14(19)20/h1-6,12-13H,7-8H2,(H2,17,18,20). The first-order valence-corrected chi connectivity index (χ1v) is 7.61. The van der Waals surface area contributed by atoms with E-state index in [0.29, 0.717) is 10.8 Å². The van der Waals surface area contributed by atoms with Crippen molar-refractivity contribution < 1.29 is 23.7 Å². The number of hydrogen-bond acceptors (Lipinski definition) is 8. The Kier molecular flexibility index (Phi) is 5.17. The molecule has 0 saturated carbocycles. The van der Waals surface area contributed by atoms with Crippen LogP contribution in [-0.4, -0.2) is 35.2 Å². The van der Waals surface area contributed by atoms with E-state index in [9.17, 15) is 9.59 Å². The summed E-state index contributed by atoms with van der Waals surface area (Å²) in [5, 5.41) is 0.520. The summed E-state index contributed by atoms with van der Waals surface area (Å²) in [5.41, 5.74) is 4.87. The number of anilines is 1. The van der Waals surface area contributed by atoms with Crippen LogP contribution in [0.3, 0.4) is 0 Å². The van der Waals surface area contributed by atoms with Gasteiger partial charge in [0.25, 0.3) is 0 Å². The monoisotopic (exact) mass is 367 g/mol. The van der Waals surface area contributed by atoms with E-state index < -0.39 is 24.4 Å². The number of nitrogens with zero attached hydrogens (tertiary/aromatic N) is 2. The molecule has 10 heteroatoms. The first kappa shape index (κ1) is 17.2. The van der Waals surface area contributed by atoms with E-state index in [2.05, 4.69) is 4.98 Å². The number of benzene rings is 1. The second-order valence-electron chi connectivity index (χ2n) is 5.01. The molecule has 1 aliphatic rings. The number of rotatable bonds is 4. The Balaban J connectivity index is 1.49. The maximum atomic E-state index is 11.7. The van der Waals surface area contributed by atoms with E-state index in [1.54, 1.807) is 12.1 Å². The highest BCUT2D eigenvalue weighted by molar-refractivity contribution is 6.30. The van der Waals surface area contributed by atoms with Crippen LogP contribution in [0.25, 0.3) is 0 Å². The van der Waals surface area contributed by atoms with Gasteiger partial charge in [0, 0.05) is 11.2 Å². The third-order valence-electron chi connectivity index (χ3n) is 3.25. The quantitative estimate of drug-likeness (QED) is 0.639. The minimum Gasteiger partial charge on any atom is -0.429 e. The Morgan fingerprint density at radius 2 is 2.12 bits per heavy atom. The minimum absolute atomic E-state index is 0.103. The van der Waals surface area contributed by atoms with Gasteiger partial charge in [0.1, 0.15) is 18.2 Å². The number of aromatic nitrogens is 2. The molecule has 1 aromatic heterocycles. The maximum Gasteiger partial charge on any atom is 0.514 e. The van der Waals surface area contributed by atoms with Crippen molar-refractivity contribution in [2.75, 3.05) is 18.9 Å². The van der Waals surface area contributed by atoms with E-state index in [1.807, 2.05) is 0 Å². The van der Waals surface area contributed by atoms with Crippen LogP contribution in [0.1, 0.15) is 6.23 Å². The van der Waals surface area contributed by atoms with E-state index in [-0.39, 0.29) is 19.0 Å². The summed E-state index contributed by atoms with van der Waals surface area (Å²) in [7, 11) is 0. The van der Waals surface area contributed by atoms with Gasteiger partial charge >= 0.3 is 11.8 Å². The molecule has 2 aromatic rings. The fourth-order valence-corrected chi connectivity index (χ4v) is 2.21. The Morgan fingerprint density at radius 1 is 1.36 bits per heavy atom. The van der Waals surface area contributed by atoms with Crippen molar-refractivity contribution in [2.45, 2.75) is 12.5 Å². The fourth-order valence-electron chi connectivity index (χ4n) is 2.09. The topological polar surface area (TPSA) is 115 Å². The second kappa shape index (κ2) is 7.51. The summed E-state index contributed by atoms with van der Waals surface area (Å²) < 4.78 is 22.0. The average Bonchev–Trinajstić information content (AvgIpc) is 3.04. The summed E-state index contributed by atoms with van der Waals surface area (Å²) in [5.74, 6) is 0.407. The van der Waals surface area contributed by atoms with Crippen molar-refractivity contribution in [3.8, 4) is 5.75 Å². The number of carbonyl (C=O) groups is 1. The van der Waals surface area contributed by atoms with E-state index in [0.717, 1.165) is 0 Å². The van der Waals surface area contributed by atoms with Crippen molar-refractivity contribution in [3.63, 3.8) is 0 Å².